The largest absolute Gasteiger partial charge is 0.326 e. The van der Waals surface area contributed by atoms with Crippen LogP contribution in [0.15, 0.2) is 23.1 Å². The van der Waals surface area contributed by atoms with Gasteiger partial charge < -0.3 is 10.6 Å². The van der Waals surface area contributed by atoms with Crippen LogP contribution in [0.1, 0.15) is 12.5 Å². The number of rotatable bonds is 6. The molecule has 0 fully saturated rings. The summed E-state index contributed by atoms with van der Waals surface area (Å²) in [6, 6.07) is 4.82. The van der Waals surface area contributed by atoms with Crippen LogP contribution in [0, 0.1) is 12.8 Å². The van der Waals surface area contributed by atoms with E-state index in [9.17, 15) is 13.2 Å². The Morgan fingerprint density at radius 1 is 1.29 bits per heavy atom. The van der Waals surface area contributed by atoms with E-state index >= 15 is 0 Å². The van der Waals surface area contributed by atoms with Gasteiger partial charge in [-0.2, -0.15) is 0 Å². The molecule has 3 N–H and O–H groups in total. The van der Waals surface area contributed by atoms with Crippen LogP contribution in [0.3, 0.4) is 0 Å². The summed E-state index contributed by atoms with van der Waals surface area (Å²) in [5.41, 5.74) is 1.10. The molecule has 8 heteroatoms. The van der Waals surface area contributed by atoms with Gasteiger partial charge in [0, 0.05) is 18.2 Å². The van der Waals surface area contributed by atoms with Gasteiger partial charge in [-0.3, -0.25) is 4.79 Å². The summed E-state index contributed by atoms with van der Waals surface area (Å²) in [6.45, 7) is 4.06. The maximum atomic E-state index is 11.9. The Balaban J connectivity index is 0.00000400. The lowest BCUT2D eigenvalue weighted by atomic mass is 10.1. The molecule has 0 radical (unpaired) electrons. The standard InChI is InChI=1S/C13H21N3O3S.ClH/c1-9-5-6-11(7-12(9)20(18,19)15-4)16-13(17)10(2)8-14-3;/h5-7,10,14-15H,8H2,1-4H3,(H,16,17);1H. The van der Waals surface area contributed by atoms with Crippen LogP contribution in [0.2, 0.25) is 0 Å². The Kier molecular flexibility index (Phi) is 7.87. The van der Waals surface area contributed by atoms with E-state index in [-0.39, 0.29) is 29.1 Å². The number of hydrogen-bond donors (Lipinski definition) is 3. The first-order chi connectivity index (χ1) is 9.31. The van der Waals surface area contributed by atoms with Crippen LogP contribution in [0.25, 0.3) is 0 Å². The van der Waals surface area contributed by atoms with Crippen LogP contribution < -0.4 is 15.4 Å². The Bertz CT molecular complexity index is 590. The van der Waals surface area contributed by atoms with Gasteiger partial charge in [0.15, 0.2) is 0 Å². The number of anilines is 1. The zero-order valence-corrected chi connectivity index (χ0v) is 14.2. The Morgan fingerprint density at radius 3 is 2.43 bits per heavy atom. The zero-order valence-electron chi connectivity index (χ0n) is 12.6. The van der Waals surface area contributed by atoms with Crippen molar-refractivity contribution in [2.24, 2.45) is 5.92 Å². The lowest BCUT2D eigenvalue weighted by Gasteiger charge is -2.13. The Morgan fingerprint density at radius 2 is 1.90 bits per heavy atom. The van der Waals surface area contributed by atoms with Crippen molar-refractivity contribution in [3.63, 3.8) is 0 Å². The van der Waals surface area contributed by atoms with Crippen molar-refractivity contribution in [2.45, 2.75) is 18.7 Å². The lowest BCUT2D eigenvalue weighted by molar-refractivity contribution is -0.119. The topological polar surface area (TPSA) is 87.3 Å². The molecule has 6 nitrogen and oxygen atoms in total. The summed E-state index contributed by atoms with van der Waals surface area (Å²) in [5.74, 6) is -0.360. The molecule has 0 saturated heterocycles. The van der Waals surface area contributed by atoms with Crippen molar-refractivity contribution >= 4 is 34.0 Å². The van der Waals surface area contributed by atoms with E-state index in [0.29, 0.717) is 17.8 Å². The molecule has 1 amide bonds. The monoisotopic (exact) mass is 335 g/mol. The fourth-order valence-electron chi connectivity index (χ4n) is 1.74. The van der Waals surface area contributed by atoms with Crippen molar-refractivity contribution in [1.82, 2.24) is 10.0 Å². The Labute approximate surface area is 132 Å². The Hall–Kier alpha value is -1.15. The van der Waals surface area contributed by atoms with Gasteiger partial charge >= 0.3 is 0 Å². The van der Waals surface area contributed by atoms with Gasteiger partial charge in [-0.15, -0.1) is 12.4 Å². The van der Waals surface area contributed by atoms with Gasteiger partial charge in [-0.25, -0.2) is 13.1 Å². The van der Waals surface area contributed by atoms with E-state index in [0.717, 1.165) is 0 Å². The third kappa shape index (κ3) is 5.28. The summed E-state index contributed by atoms with van der Waals surface area (Å²) < 4.78 is 26.0. The fraction of sp³-hybridized carbons (Fsp3) is 0.462. The lowest BCUT2D eigenvalue weighted by Crippen LogP contribution is -2.28. The first-order valence-electron chi connectivity index (χ1n) is 6.31. The van der Waals surface area contributed by atoms with Gasteiger partial charge in [0.1, 0.15) is 0 Å². The van der Waals surface area contributed by atoms with Crippen molar-refractivity contribution in [3.8, 4) is 0 Å². The van der Waals surface area contributed by atoms with Crippen LogP contribution in [-0.4, -0.2) is 35.0 Å². The van der Waals surface area contributed by atoms with Gasteiger partial charge in [-0.05, 0) is 38.7 Å². The first kappa shape index (κ1) is 19.9. The number of amides is 1. The minimum atomic E-state index is -3.53. The predicted molar refractivity (Wildman–Crippen MR) is 86.4 cm³/mol. The second-order valence-corrected chi connectivity index (χ2v) is 6.49. The summed E-state index contributed by atoms with van der Waals surface area (Å²) in [7, 11) is -0.404. The third-order valence-electron chi connectivity index (χ3n) is 2.97. The molecular weight excluding hydrogens is 314 g/mol. The quantitative estimate of drug-likeness (QED) is 0.727. The third-order valence-corrected chi connectivity index (χ3v) is 4.53. The minimum absolute atomic E-state index is 0. The van der Waals surface area contributed by atoms with Crippen LogP contribution in [0.5, 0.6) is 0 Å². The molecule has 120 valence electrons. The molecule has 0 aromatic heterocycles. The molecule has 0 aliphatic carbocycles. The molecule has 0 aliphatic rings. The van der Waals surface area contributed by atoms with E-state index in [2.05, 4.69) is 15.4 Å². The number of halogens is 1. The summed E-state index contributed by atoms with van der Waals surface area (Å²) in [4.78, 5) is 12.1. The molecule has 0 aliphatic heterocycles. The smallest absolute Gasteiger partial charge is 0.240 e. The molecule has 1 unspecified atom stereocenters. The molecule has 0 bridgehead atoms. The van der Waals surface area contributed by atoms with Gasteiger partial charge in [0.25, 0.3) is 0 Å². The number of carbonyl (C=O) groups excluding carboxylic acids is 1. The highest BCUT2D eigenvalue weighted by atomic mass is 35.5. The van der Waals surface area contributed by atoms with Crippen LogP contribution in [-0.2, 0) is 14.8 Å². The number of benzene rings is 1. The molecule has 1 atom stereocenters. The molecule has 0 heterocycles. The van der Waals surface area contributed by atoms with E-state index in [1.807, 2.05) is 0 Å². The predicted octanol–water partition coefficient (Wildman–Crippen LogP) is 1.12. The maximum Gasteiger partial charge on any atom is 0.240 e. The highest BCUT2D eigenvalue weighted by Crippen LogP contribution is 2.20. The van der Waals surface area contributed by atoms with E-state index in [4.69, 9.17) is 0 Å². The molecular formula is C13H22ClN3O3S. The second kappa shape index (κ2) is 8.33. The number of carbonyl (C=O) groups is 1. The molecule has 0 saturated carbocycles. The van der Waals surface area contributed by atoms with E-state index in [1.54, 1.807) is 33.0 Å². The second-order valence-electron chi connectivity index (χ2n) is 4.64. The highest BCUT2D eigenvalue weighted by Gasteiger charge is 2.17. The van der Waals surface area contributed by atoms with Gasteiger partial charge in [-0.1, -0.05) is 13.0 Å². The molecule has 1 aromatic rings. The molecule has 1 rings (SSSR count). The highest BCUT2D eigenvalue weighted by molar-refractivity contribution is 7.89. The zero-order chi connectivity index (χ0) is 15.3. The molecule has 0 spiro atoms. The number of hydrogen-bond acceptors (Lipinski definition) is 4. The molecule has 21 heavy (non-hydrogen) atoms. The molecule has 1 aromatic carbocycles. The SMILES string of the molecule is CNCC(C)C(=O)Nc1ccc(C)c(S(=O)(=O)NC)c1.Cl. The summed E-state index contributed by atoms with van der Waals surface area (Å²) in [5, 5.41) is 5.64. The van der Waals surface area contributed by atoms with E-state index < -0.39 is 10.0 Å². The first-order valence-corrected chi connectivity index (χ1v) is 7.79. The van der Waals surface area contributed by atoms with Crippen molar-refractivity contribution in [1.29, 1.82) is 0 Å². The van der Waals surface area contributed by atoms with E-state index in [1.165, 1.54) is 13.1 Å². The maximum absolute atomic E-state index is 11.9. The average molecular weight is 336 g/mol. The van der Waals surface area contributed by atoms with Gasteiger partial charge in [0.2, 0.25) is 15.9 Å². The summed E-state index contributed by atoms with van der Waals surface area (Å²) >= 11 is 0. The van der Waals surface area contributed by atoms with Crippen LogP contribution >= 0.6 is 12.4 Å². The van der Waals surface area contributed by atoms with Crippen molar-refractivity contribution in [2.75, 3.05) is 26.0 Å². The minimum Gasteiger partial charge on any atom is -0.326 e. The normalized spacial score (nSPS) is 12.4. The van der Waals surface area contributed by atoms with Crippen molar-refractivity contribution < 1.29 is 13.2 Å². The van der Waals surface area contributed by atoms with Crippen LogP contribution in [0.4, 0.5) is 5.69 Å². The number of aryl methyl sites for hydroxylation is 1. The number of sulfonamides is 1. The average Bonchev–Trinajstić information content (AvgIpc) is 2.41. The number of nitrogens with one attached hydrogen (secondary N) is 3. The van der Waals surface area contributed by atoms with Crippen molar-refractivity contribution in [3.05, 3.63) is 23.8 Å². The van der Waals surface area contributed by atoms with Gasteiger partial charge in [0.05, 0.1) is 4.90 Å². The summed E-state index contributed by atoms with van der Waals surface area (Å²) in [6.07, 6.45) is 0. The fourth-order valence-corrected chi connectivity index (χ4v) is 2.74.